The van der Waals surface area contributed by atoms with Crippen molar-refractivity contribution in [3.8, 4) is 0 Å². The van der Waals surface area contributed by atoms with Crippen LogP contribution in [0.4, 0.5) is 0 Å². The van der Waals surface area contributed by atoms with Crippen LogP contribution in [0.2, 0.25) is 0 Å². The van der Waals surface area contributed by atoms with Gasteiger partial charge in [-0.05, 0) is 53.9 Å². The van der Waals surface area contributed by atoms with E-state index in [1.165, 1.54) is 26.9 Å². The van der Waals surface area contributed by atoms with E-state index in [-0.39, 0.29) is 22.4 Å². The van der Waals surface area contributed by atoms with Crippen LogP contribution in [0.1, 0.15) is 49.6 Å². The number of fused-ring (bicyclic) bond motifs is 4. The van der Waals surface area contributed by atoms with Gasteiger partial charge in [0.15, 0.2) is 5.16 Å². The van der Waals surface area contributed by atoms with E-state index in [4.69, 9.17) is 4.98 Å². The Morgan fingerprint density at radius 3 is 2.62 bits per heavy atom. The molecule has 0 N–H and O–H groups in total. The van der Waals surface area contributed by atoms with Crippen LogP contribution in [0.3, 0.4) is 0 Å². The molecule has 0 aliphatic heterocycles. The van der Waals surface area contributed by atoms with Crippen molar-refractivity contribution < 1.29 is 0 Å². The zero-order valence-corrected chi connectivity index (χ0v) is 24.0. The molecule has 39 heavy (non-hydrogen) atoms. The predicted molar refractivity (Wildman–Crippen MR) is 159 cm³/mol. The molecule has 1 aliphatic rings. The van der Waals surface area contributed by atoms with Gasteiger partial charge in [-0.15, -0.1) is 16.4 Å². The summed E-state index contributed by atoms with van der Waals surface area (Å²) >= 11 is 3.01. The zero-order valence-electron chi connectivity index (χ0n) is 22.4. The van der Waals surface area contributed by atoms with Crippen molar-refractivity contribution in [1.82, 2.24) is 24.5 Å². The highest BCUT2D eigenvalue weighted by Gasteiger charge is 2.34. The summed E-state index contributed by atoms with van der Waals surface area (Å²) in [5.41, 5.74) is 2.84. The first-order valence-electron chi connectivity index (χ1n) is 13.4. The monoisotopic (exact) mass is 557 g/mol. The topological polar surface area (TPSA) is 82.7 Å². The summed E-state index contributed by atoms with van der Waals surface area (Å²) in [4.78, 5) is 34.3. The molecular formula is C30H31N5O2S2. The van der Waals surface area contributed by atoms with Gasteiger partial charge in [0.25, 0.3) is 11.1 Å². The van der Waals surface area contributed by atoms with Crippen molar-refractivity contribution in [3.05, 3.63) is 91.3 Å². The number of hydrogen-bond acceptors (Lipinski definition) is 7. The lowest BCUT2D eigenvalue weighted by Crippen LogP contribution is -2.29. The molecule has 0 amide bonds. The summed E-state index contributed by atoms with van der Waals surface area (Å²) in [5.74, 6) is 0.808. The van der Waals surface area contributed by atoms with Crippen LogP contribution in [0.5, 0.6) is 0 Å². The fraction of sp³-hybridized carbons (Fsp3) is 0.367. The molecule has 0 fully saturated rings. The number of thioether (sulfide) groups is 1. The average molecular weight is 558 g/mol. The molecule has 0 radical (unpaired) electrons. The van der Waals surface area contributed by atoms with Gasteiger partial charge < -0.3 is 0 Å². The van der Waals surface area contributed by atoms with E-state index in [9.17, 15) is 9.59 Å². The Balaban J connectivity index is 1.41. The average Bonchev–Trinajstić information content (AvgIpc) is 3.33. The number of hydrogen-bond donors (Lipinski definition) is 0. The van der Waals surface area contributed by atoms with Gasteiger partial charge >= 0.3 is 0 Å². The van der Waals surface area contributed by atoms with Crippen molar-refractivity contribution in [3.63, 3.8) is 0 Å². The second kappa shape index (κ2) is 10.4. The fourth-order valence-electron chi connectivity index (χ4n) is 5.44. The lowest BCUT2D eigenvalue weighted by molar-refractivity contribution is 0.184. The lowest BCUT2D eigenvalue weighted by Gasteiger charge is -2.36. The Morgan fingerprint density at radius 1 is 1.05 bits per heavy atom. The van der Waals surface area contributed by atoms with Crippen LogP contribution in [-0.2, 0) is 25.3 Å². The standard InChI is InChI=1S/C30H31N5O2S2/c1-4-30(2,3)20-14-15-22-24(16-20)39-26-25(22)28(37)34(17-19-10-6-5-7-11-19)29(31-26)38-18-35-27(36)21-12-8-9-13-23(21)32-33-35/h5-13,20H,4,14-18H2,1-3H3. The maximum Gasteiger partial charge on any atom is 0.278 e. The van der Waals surface area contributed by atoms with Gasteiger partial charge in [0.1, 0.15) is 10.3 Å². The number of benzene rings is 2. The first-order valence-corrected chi connectivity index (χ1v) is 15.2. The highest BCUT2D eigenvalue weighted by atomic mass is 32.2. The van der Waals surface area contributed by atoms with Crippen molar-refractivity contribution in [2.75, 3.05) is 0 Å². The molecule has 3 aromatic heterocycles. The van der Waals surface area contributed by atoms with E-state index in [0.29, 0.717) is 28.5 Å². The normalized spacial score (nSPS) is 15.6. The van der Waals surface area contributed by atoms with Crippen molar-refractivity contribution in [2.24, 2.45) is 11.3 Å². The van der Waals surface area contributed by atoms with E-state index < -0.39 is 0 Å². The second-order valence-corrected chi connectivity index (χ2v) is 12.9. The first-order chi connectivity index (χ1) is 18.9. The largest absolute Gasteiger partial charge is 0.282 e. The van der Waals surface area contributed by atoms with E-state index in [2.05, 4.69) is 31.1 Å². The molecule has 0 bridgehead atoms. The van der Waals surface area contributed by atoms with Crippen LogP contribution in [-0.4, -0.2) is 24.5 Å². The summed E-state index contributed by atoms with van der Waals surface area (Å²) < 4.78 is 3.10. The molecule has 0 saturated heterocycles. The molecule has 0 saturated carbocycles. The predicted octanol–water partition coefficient (Wildman–Crippen LogP) is 5.90. The molecule has 6 rings (SSSR count). The summed E-state index contributed by atoms with van der Waals surface area (Å²) in [5, 5.41) is 10.2. The molecule has 2 aromatic carbocycles. The number of aryl methyl sites for hydroxylation is 1. The number of nitrogens with zero attached hydrogens (tertiary/aromatic N) is 5. The number of aromatic nitrogens is 5. The van der Waals surface area contributed by atoms with Gasteiger partial charge in [-0.25, -0.2) is 4.98 Å². The molecule has 7 nitrogen and oxygen atoms in total. The minimum atomic E-state index is -0.206. The fourth-order valence-corrected chi connectivity index (χ4v) is 7.65. The molecule has 0 spiro atoms. The zero-order chi connectivity index (χ0) is 27.1. The second-order valence-electron chi connectivity index (χ2n) is 10.9. The van der Waals surface area contributed by atoms with Gasteiger partial charge in [-0.2, -0.15) is 4.68 Å². The van der Waals surface area contributed by atoms with Gasteiger partial charge in [-0.1, -0.05) is 86.6 Å². The van der Waals surface area contributed by atoms with Crippen LogP contribution in [0, 0.1) is 11.3 Å². The summed E-state index contributed by atoms with van der Waals surface area (Å²) in [6, 6.07) is 17.2. The Labute approximate surface area is 234 Å². The van der Waals surface area contributed by atoms with Crippen LogP contribution in [0.15, 0.2) is 69.3 Å². The summed E-state index contributed by atoms with van der Waals surface area (Å²) in [6.45, 7) is 7.39. The van der Waals surface area contributed by atoms with E-state index in [0.717, 1.165) is 41.5 Å². The highest BCUT2D eigenvalue weighted by molar-refractivity contribution is 7.98. The minimum absolute atomic E-state index is 0.00556. The van der Waals surface area contributed by atoms with E-state index >= 15 is 0 Å². The Morgan fingerprint density at radius 2 is 1.82 bits per heavy atom. The Kier molecular flexibility index (Phi) is 6.89. The van der Waals surface area contributed by atoms with Gasteiger partial charge in [0, 0.05) is 4.88 Å². The van der Waals surface area contributed by atoms with Crippen molar-refractivity contribution in [2.45, 2.75) is 64.0 Å². The molecule has 1 aliphatic carbocycles. The van der Waals surface area contributed by atoms with Gasteiger partial charge in [-0.3, -0.25) is 14.2 Å². The third kappa shape index (κ3) is 4.82. The summed E-state index contributed by atoms with van der Waals surface area (Å²) in [6.07, 6.45) is 4.15. The van der Waals surface area contributed by atoms with E-state index in [1.54, 1.807) is 28.0 Å². The third-order valence-electron chi connectivity index (χ3n) is 8.28. The molecular weight excluding hydrogens is 526 g/mol. The van der Waals surface area contributed by atoms with Crippen LogP contribution in [0.25, 0.3) is 21.1 Å². The Hall–Kier alpha value is -3.30. The number of rotatable bonds is 7. The first kappa shape index (κ1) is 26.0. The maximum atomic E-state index is 14.1. The number of thiophene rings is 1. The van der Waals surface area contributed by atoms with Crippen LogP contribution >= 0.6 is 23.1 Å². The van der Waals surface area contributed by atoms with Gasteiger partial charge in [0.05, 0.1) is 23.2 Å². The SMILES string of the molecule is CCC(C)(C)C1CCc2c(sc3nc(SCn4nnc5ccccc5c4=O)n(Cc4ccccc4)c(=O)c23)C1. The third-order valence-corrected chi connectivity index (χ3v) is 10.4. The minimum Gasteiger partial charge on any atom is -0.282 e. The summed E-state index contributed by atoms with van der Waals surface area (Å²) in [7, 11) is 0. The van der Waals surface area contributed by atoms with Crippen LogP contribution < -0.4 is 11.1 Å². The molecule has 9 heteroatoms. The molecule has 1 atom stereocenters. The van der Waals surface area contributed by atoms with E-state index in [1.807, 2.05) is 42.5 Å². The maximum absolute atomic E-state index is 14.1. The molecule has 200 valence electrons. The smallest absolute Gasteiger partial charge is 0.278 e. The lowest BCUT2D eigenvalue weighted by atomic mass is 9.70. The molecule has 3 heterocycles. The van der Waals surface area contributed by atoms with Crippen molar-refractivity contribution in [1.29, 1.82) is 0 Å². The molecule has 5 aromatic rings. The van der Waals surface area contributed by atoms with Gasteiger partial charge in [0.2, 0.25) is 0 Å². The molecule has 1 unspecified atom stereocenters. The highest BCUT2D eigenvalue weighted by Crippen LogP contribution is 2.44. The Bertz CT molecular complexity index is 1790. The quantitative estimate of drug-likeness (QED) is 0.183. The van der Waals surface area contributed by atoms with Crippen molar-refractivity contribution >= 4 is 44.2 Å².